The predicted molar refractivity (Wildman–Crippen MR) is 305 cm³/mol. The van der Waals surface area contributed by atoms with E-state index in [0.29, 0.717) is 31.3 Å². The maximum Gasteiger partial charge on any atom is 0.409 e. The number of hydrogen-bond acceptors (Lipinski definition) is 5. The van der Waals surface area contributed by atoms with E-state index in [0.717, 1.165) is 142 Å². The molecule has 0 aromatic carbocycles. The predicted octanol–water partition coefficient (Wildman–Crippen LogP) is 18.3. The number of unbranched alkanes of at least 4 members (excludes halogenated alkanes) is 36. The van der Waals surface area contributed by atoms with Crippen LogP contribution < -0.4 is 0 Å². The first-order chi connectivity index (χ1) is 34.3. The highest BCUT2D eigenvalue weighted by molar-refractivity contribution is 5.76. The van der Waals surface area contributed by atoms with Crippen molar-refractivity contribution < 1.29 is 19.1 Å². The largest absolute Gasteiger partial charge is 0.449 e. The van der Waals surface area contributed by atoms with Crippen molar-refractivity contribution in [1.29, 1.82) is 0 Å². The number of nitrogens with zero attached hydrogens (tertiary/aromatic N) is 4. The second-order valence-electron chi connectivity index (χ2n) is 22.0. The van der Waals surface area contributed by atoms with Gasteiger partial charge in [0.2, 0.25) is 11.8 Å². The van der Waals surface area contributed by atoms with Crippen molar-refractivity contribution in [2.45, 2.75) is 317 Å². The van der Waals surface area contributed by atoms with Gasteiger partial charge in [0.25, 0.3) is 0 Å². The summed E-state index contributed by atoms with van der Waals surface area (Å²) in [6.07, 6.45) is 54.0. The third-order valence-corrected chi connectivity index (χ3v) is 14.7. The molecule has 0 aromatic heterocycles. The van der Waals surface area contributed by atoms with E-state index in [1.165, 1.54) is 180 Å². The van der Waals surface area contributed by atoms with Crippen LogP contribution in [-0.2, 0) is 14.3 Å². The monoisotopic (exact) mass is 989 g/mol. The molecule has 70 heavy (non-hydrogen) atoms. The van der Waals surface area contributed by atoms with Gasteiger partial charge in [-0.1, -0.05) is 246 Å². The lowest BCUT2D eigenvalue weighted by atomic mass is 10.1. The fourth-order valence-electron chi connectivity index (χ4n) is 9.93. The fraction of sp³-hybridized carbons (Fsp3) is 0.952. The van der Waals surface area contributed by atoms with E-state index in [-0.39, 0.29) is 6.09 Å². The first kappa shape index (κ1) is 68.2. The zero-order valence-electron chi connectivity index (χ0n) is 48.4. The molecule has 0 spiro atoms. The Labute approximate surface area is 438 Å². The highest BCUT2D eigenvalue weighted by atomic mass is 16.6. The van der Waals surface area contributed by atoms with Gasteiger partial charge >= 0.3 is 6.09 Å². The fourth-order valence-corrected chi connectivity index (χ4v) is 9.93. The number of amides is 3. The molecule has 0 rings (SSSR count). The van der Waals surface area contributed by atoms with E-state index >= 15 is 0 Å². The third kappa shape index (κ3) is 47.2. The number of hydrogen-bond donors (Lipinski definition) is 0. The average molecular weight is 990 g/mol. The summed E-state index contributed by atoms with van der Waals surface area (Å²) >= 11 is 0. The first-order valence-corrected chi connectivity index (χ1v) is 31.4. The summed E-state index contributed by atoms with van der Waals surface area (Å²) in [5, 5.41) is 0. The van der Waals surface area contributed by atoms with Crippen LogP contribution in [0.25, 0.3) is 0 Å². The van der Waals surface area contributed by atoms with Gasteiger partial charge in [-0.3, -0.25) is 9.59 Å². The van der Waals surface area contributed by atoms with Crippen LogP contribution in [0.4, 0.5) is 4.79 Å². The smallest absolute Gasteiger partial charge is 0.409 e. The highest BCUT2D eigenvalue weighted by Gasteiger charge is 2.17. The molecule has 0 radical (unpaired) electrons. The van der Waals surface area contributed by atoms with Gasteiger partial charge in [-0.15, -0.1) is 0 Å². The number of carbonyl (C=O) groups is 3. The van der Waals surface area contributed by atoms with Crippen molar-refractivity contribution in [1.82, 2.24) is 19.6 Å². The Bertz CT molecular complexity index is 994. The Kier molecular flexibility index (Phi) is 53.5. The minimum Gasteiger partial charge on any atom is -0.449 e. The summed E-state index contributed by atoms with van der Waals surface area (Å²) < 4.78 is 5.76. The lowest BCUT2D eigenvalue weighted by molar-refractivity contribution is -0.132. The molecule has 0 N–H and O–H groups in total. The second kappa shape index (κ2) is 54.9. The molecule has 0 bridgehead atoms. The van der Waals surface area contributed by atoms with Crippen LogP contribution in [0.2, 0.25) is 0 Å². The van der Waals surface area contributed by atoms with Crippen LogP contribution in [-0.4, -0.2) is 104 Å². The standard InChI is InChI=1S/C62H124N4O4/c1-7-11-15-19-23-27-35-43-53-64(54-44-36-28-24-20-16-12-8-2)60(67)50-41-33-31-39-47-57-66(62(69)70-59-49-52-63(5)6)58-48-40-32-34-42-51-61(68)65(55-45-37-29-25-21-17-13-9-3)56-46-38-30-26-22-18-14-10-4/h7-59H2,1-6H3. The lowest BCUT2D eigenvalue weighted by Gasteiger charge is -2.23. The number of ether oxygens (including phenoxy) is 1. The SMILES string of the molecule is CCCCCCCCCCN(CCCCCCCCCC)C(=O)CCCCCCCN(CCCCCCCC(=O)N(CCCCCCCCCC)CCCCCCCCCC)C(=O)OCCCN(C)C. The molecule has 0 aromatic rings. The molecular formula is C62H124N4O4. The maximum atomic E-state index is 13.5. The molecule has 0 atom stereocenters. The Morgan fingerprint density at radius 1 is 0.271 bits per heavy atom. The van der Waals surface area contributed by atoms with E-state index in [4.69, 9.17) is 4.74 Å². The summed E-state index contributed by atoms with van der Waals surface area (Å²) in [7, 11) is 4.11. The highest BCUT2D eigenvalue weighted by Crippen LogP contribution is 2.17. The van der Waals surface area contributed by atoms with Gasteiger partial charge in [0.15, 0.2) is 0 Å². The van der Waals surface area contributed by atoms with Crippen molar-refractivity contribution in [2.75, 3.05) is 66.5 Å². The molecule has 0 saturated heterocycles. The maximum absolute atomic E-state index is 13.5. The van der Waals surface area contributed by atoms with Crippen LogP contribution in [0.15, 0.2) is 0 Å². The summed E-state index contributed by atoms with van der Waals surface area (Å²) in [6, 6.07) is 0. The molecule has 0 aliphatic carbocycles. The van der Waals surface area contributed by atoms with E-state index < -0.39 is 0 Å². The van der Waals surface area contributed by atoms with Gasteiger partial charge in [0.05, 0.1) is 6.61 Å². The van der Waals surface area contributed by atoms with Gasteiger partial charge < -0.3 is 24.3 Å². The number of carbonyl (C=O) groups excluding carboxylic acids is 3. The van der Waals surface area contributed by atoms with Gasteiger partial charge in [0, 0.05) is 58.7 Å². The van der Waals surface area contributed by atoms with E-state index in [1.54, 1.807) is 0 Å². The summed E-state index contributed by atoms with van der Waals surface area (Å²) in [5.74, 6) is 0.733. The van der Waals surface area contributed by atoms with E-state index in [1.807, 2.05) is 4.90 Å². The van der Waals surface area contributed by atoms with Crippen molar-refractivity contribution in [3.8, 4) is 0 Å². The zero-order valence-corrected chi connectivity index (χ0v) is 48.4. The lowest BCUT2D eigenvalue weighted by Crippen LogP contribution is -2.34. The minimum atomic E-state index is -0.170. The average Bonchev–Trinajstić information content (AvgIpc) is 3.35. The summed E-state index contributed by atoms with van der Waals surface area (Å²) in [5.41, 5.74) is 0. The van der Waals surface area contributed by atoms with Gasteiger partial charge in [-0.05, 0) is 71.9 Å². The molecule has 0 saturated carbocycles. The zero-order chi connectivity index (χ0) is 51.2. The van der Waals surface area contributed by atoms with Crippen LogP contribution in [0.3, 0.4) is 0 Å². The van der Waals surface area contributed by atoms with E-state index in [9.17, 15) is 14.4 Å². The van der Waals surface area contributed by atoms with Crippen molar-refractivity contribution in [3.63, 3.8) is 0 Å². The topological polar surface area (TPSA) is 73.4 Å². The van der Waals surface area contributed by atoms with E-state index in [2.05, 4.69) is 56.5 Å². The van der Waals surface area contributed by atoms with Crippen molar-refractivity contribution in [3.05, 3.63) is 0 Å². The van der Waals surface area contributed by atoms with Gasteiger partial charge in [-0.2, -0.15) is 0 Å². The Hall–Kier alpha value is -1.83. The van der Waals surface area contributed by atoms with Gasteiger partial charge in [0.1, 0.15) is 0 Å². The molecule has 0 heterocycles. The Balaban J connectivity index is 4.83. The Morgan fingerprint density at radius 2 is 0.500 bits per heavy atom. The molecule has 0 aliphatic rings. The normalized spacial score (nSPS) is 11.5. The second-order valence-corrected chi connectivity index (χ2v) is 22.0. The quantitative estimate of drug-likeness (QED) is 0.0568. The van der Waals surface area contributed by atoms with Crippen LogP contribution in [0, 0.1) is 0 Å². The van der Waals surface area contributed by atoms with Crippen LogP contribution in [0.5, 0.6) is 0 Å². The molecule has 3 amide bonds. The summed E-state index contributed by atoms with van der Waals surface area (Å²) in [4.78, 5) is 48.7. The van der Waals surface area contributed by atoms with Crippen LogP contribution in [0.1, 0.15) is 317 Å². The van der Waals surface area contributed by atoms with Crippen molar-refractivity contribution >= 4 is 17.9 Å². The first-order valence-electron chi connectivity index (χ1n) is 31.4. The third-order valence-electron chi connectivity index (χ3n) is 14.7. The molecule has 8 nitrogen and oxygen atoms in total. The molecule has 0 fully saturated rings. The minimum absolute atomic E-state index is 0.170. The molecule has 0 unspecified atom stereocenters. The number of rotatable bonds is 56. The Morgan fingerprint density at radius 3 is 0.757 bits per heavy atom. The van der Waals surface area contributed by atoms with Crippen LogP contribution >= 0.6 is 0 Å². The molecular weight excluding hydrogens is 865 g/mol. The molecule has 0 aliphatic heterocycles. The van der Waals surface area contributed by atoms with Crippen molar-refractivity contribution in [2.24, 2.45) is 0 Å². The van der Waals surface area contributed by atoms with Gasteiger partial charge in [-0.25, -0.2) is 4.79 Å². The summed E-state index contributed by atoms with van der Waals surface area (Å²) in [6.45, 7) is 15.7. The molecule has 416 valence electrons. The molecule has 8 heteroatoms.